The maximum atomic E-state index is 11.8. The first-order valence-corrected chi connectivity index (χ1v) is 5.66. The molecule has 1 aromatic rings. The van der Waals surface area contributed by atoms with Crippen LogP contribution in [-0.2, 0) is 6.42 Å². The summed E-state index contributed by atoms with van der Waals surface area (Å²) in [6.45, 7) is 2.82. The molecular weight excluding hydrogens is 206 g/mol. The predicted octanol–water partition coefficient (Wildman–Crippen LogP) is 2.11. The van der Waals surface area contributed by atoms with Crippen LogP contribution in [-0.4, -0.2) is 29.7 Å². The van der Waals surface area contributed by atoms with Gasteiger partial charge in [-0.3, -0.25) is 5.32 Å². The zero-order valence-electron chi connectivity index (χ0n) is 9.69. The molecule has 0 spiro atoms. The lowest BCUT2D eigenvalue weighted by molar-refractivity contribution is 0.220. The van der Waals surface area contributed by atoms with Gasteiger partial charge in [0, 0.05) is 19.2 Å². The van der Waals surface area contributed by atoms with Crippen molar-refractivity contribution in [1.29, 1.82) is 0 Å². The topological polar surface area (TPSA) is 58.4 Å². The SMILES string of the molecule is CCc1conc1NC(=O)N(C)CC1CC1. The summed E-state index contributed by atoms with van der Waals surface area (Å²) in [7, 11) is 1.80. The van der Waals surface area contributed by atoms with E-state index in [-0.39, 0.29) is 6.03 Å². The van der Waals surface area contributed by atoms with Gasteiger partial charge < -0.3 is 9.42 Å². The van der Waals surface area contributed by atoms with E-state index in [0.29, 0.717) is 11.7 Å². The molecule has 88 valence electrons. The van der Waals surface area contributed by atoms with Crippen molar-refractivity contribution in [2.24, 2.45) is 5.92 Å². The molecule has 1 fully saturated rings. The highest BCUT2D eigenvalue weighted by Gasteiger charge is 2.25. The van der Waals surface area contributed by atoms with E-state index in [1.165, 1.54) is 12.8 Å². The number of carbonyl (C=O) groups is 1. The van der Waals surface area contributed by atoms with Gasteiger partial charge in [0.15, 0.2) is 5.82 Å². The van der Waals surface area contributed by atoms with E-state index in [0.717, 1.165) is 18.5 Å². The van der Waals surface area contributed by atoms with Crippen LogP contribution in [0, 0.1) is 5.92 Å². The molecule has 0 radical (unpaired) electrons. The third-order valence-electron chi connectivity index (χ3n) is 2.83. The Bertz CT molecular complexity index is 371. The number of carbonyl (C=O) groups excluding carboxylic acids is 1. The van der Waals surface area contributed by atoms with Crippen LogP contribution in [0.5, 0.6) is 0 Å². The molecule has 5 heteroatoms. The van der Waals surface area contributed by atoms with E-state index >= 15 is 0 Å². The Labute approximate surface area is 94.8 Å². The third kappa shape index (κ3) is 2.53. The van der Waals surface area contributed by atoms with Crippen molar-refractivity contribution in [3.05, 3.63) is 11.8 Å². The highest BCUT2D eigenvalue weighted by molar-refractivity contribution is 5.88. The standard InChI is InChI=1S/C11H17N3O2/c1-3-9-7-16-13-10(9)12-11(15)14(2)6-8-4-5-8/h7-8H,3-6H2,1-2H3,(H,12,13,15). The van der Waals surface area contributed by atoms with Crippen molar-refractivity contribution in [3.63, 3.8) is 0 Å². The lowest BCUT2D eigenvalue weighted by Crippen LogP contribution is -2.33. The average molecular weight is 223 g/mol. The van der Waals surface area contributed by atoms with Crippen molar-refractivity contribution in [2.75, 3.05) is 18.9 Å². The largest absolute Gasteiger partial charge is 0.362 e. The van der Waals surface area contributed by atoms with Gasteiger partial charge in [0.2, 0.25) is 0 Å². The maximum Gasteiger partial charge on any atom is 0.322 e. The van der Waals surface area contributed by atoms with E-state index in [9.17, 15) is 4.79 Å². The van der Waals surface area contributed by atoms with Crippen LogP contribution in [0.4, 0.5) is 10.6 Å². The minimum atomic E-state index is -0.115. The fourth-order valence-electron chi connectivity index (χ4n) is 1.58. The lowest BCUT2D eigenvalue weighted by atomic mass is 10.2. The Kier molecular flexibility index (Phi) is 3.12. The van der Waals surface area contributed by atoms with Crippen LogP contribution >= 0.6 is 0 Å². The van der Waals surface area contributed by atoms with Crippen LogP contribution in [0.2, 0.25) is 0 Å². The zero-order chi connectivity index (χ0) is 11.5. The summed E-state index contributed by atoms with van der Waals surface area (Å²) in [6, 6.07) is -0.115. The van der Waals surface area contributed by atoms with E-state index in [1.54, 1.807) is 18.2 Å². The van der Waals surface area contributed by atoms with Crippen molar-refractivity contribution in [1.82, 2.24) is 10.1 Å². The zero-order valence-corrected chi connectivity index (χ0v) is 9.69. The number of rotatable bonds is 4. The summed E-state index contributed by atoms with van der Waals surface area (Å²) in [5, 5.41) is 6.53. The summed E-state index contributed by atoms with van der Waals surface area (Å²) in [5.41, 5.74) is 0.924. The number of nitrogens with one attached hydrogen (secondary N) is 1. The molecule has 0 unspecified atom stereocenters. The minimum Gasteiger partial charge on any atom is -0.362 e. The van der Waals surface area contributed by atoms with Gasteiger partial charge in [-0.1, -0.05) is 12.1 Å². The van der Waals surface area contributed by atoms with E-state index in [4.69, 9.17) is 4.52 Å². The van der Waals surface area contributed by atoms with Crippen molar-refractivity contribution in [3.8, 4) is 0 Å². The second-order valence-corrected chi connectivity index (χ2v) is 4.30. The first-order valence-electron chi connectivity index (χ1n) is 5.66. The van der Waals surface area contributed by atoms with Gasteiger partial charge in [0.25, 0.3) is 0 Å². The molecule has 0 atom stereocenters. The summed E-state index contributed by atoms with van der Waals surface area (Å²) in [4.78, 5) is 13.5. The van der Waals surface area contributed by atoms with Gasteiger partial charge in [0.05, 0.1) is 0 Å². The van der Waals surface area contributed by atoms with Crippen LogP contribution in [0.25, 0.3) is 0 Å². The van der Waals surface area contributed by atoms with Crippen molar-refractivity contribution >= 4 is 11.8 Å². The molecular formula is C11H17N3O2. The Balaban J connectivity index is 1.90. The fraction of sp³-hybridized carbons (Fsp3) is 0.636. The summed E-state index contributed by atoms with van der Waals surface area (Å²) in [5.74, 6) is 1.23. The normalized spacial score (nSPS) is 14.9. The molecule has 1 heterocycles. The molecule has 5 nitrogen and oxygen atoms in total. The molecule has 1 aromatic heterocycles. The van der Waals surface area contributed by atoms with Crippen LogP contribution in [0.1, 0.15) is 25.3 Å². The molecule has 2 rings (SSSR count). The molecule has 16 heavy (non-hydrogen) atoms. The van der Waals surface area contributed by atoms with E-state index in [2.05, 4.69) is 10.5 Å². The summed E-state index contributed by atoms with van der Waals surface area (Å²) < 4.78 is 4.83. The van der Waals surface area contributed by atoms with E-state index in [1.807, 2.05) is 6.92 Å². The Morgan fingerprint density at radius 1 is 1.69 bits per heavy atom. The molecule has 0 aliphatic heterocycles. The number of aromatic nitrogens is 1. The first kappa shape index (κ1) is 11.0. The Hall–Kier alpha value is -1.52. The quantitative estimate of drug-likeness (QED) is 0.850. The fourth-order valence-corrected chi connectivity index (χ4v) is 1.58. The number of hydrogen-bond donors (Lipinski definition) is 1. The van der Waals surface area contributed by atoms with Gasteiger partial charge in [-0.2, -0.15) is 0 Å². The second kappa shape index (κ2) is 4.55. The van der Waals surface area contributed by atoms with Crippen molar-refractivity contribution < 1.29 is 9.32 Å². The van der Waals surface area contributed by atoms with Crippen LogP contribution < -0.4 is 5.32 Å². The molecule has 2 amide bonds. The highest BCUT2D eigenvalue weighted by atomic mass is 16.5. The van der Waals surface area contributed by atoms with Crippen molar-refractivity contribution in [2.45, 2.75) is 26.2 Å². The number of nitrogens with zero attached hydrogens (tertiary/aromatic N) is 2. The average Bonchev–Trinajstić information content (AvgIpc) is 2.96. The smallest absolute Gasteiger partial charge is 0.322 e. The summed E-state index contributed by atoms with van der Waals surface area (Å²) >= 11 is 0. The second-order valence-electron chi connectivity index (χ2n) is 4.30. The van der Waals surface area contributed by atoms with E-state index < -0.39 is 0 Å². The Morgan fingerprint density at radius 2 is 2.44 bits per heavy atom. The Morgan fingerprint density at radius 3 is 3.06 bits per heavy atom. The number of hydrogen-bond acceptors (Lipinski definition) is 3. The monoisotopic (exact) mass is 223 g/mol. The van der Waals surface area contributed by atoms with Gasteiger partial charge in [-0.05, 0) is 25.2 Å². The van der Waals surface area contributed by atoms with Crippen LogP contribution in [0.15, 0.2) is 10.8 Å². The molecule has 1 aliphatic carbocycles. The van der Waals surface area contributed by atoms with Gasteiger partial charge >= 0.3 is 6.03 Å². The third-order valence-corrected chi connectivity index (χ3v) is 2.83. The maximum absolute atomic E-state index is 11.8. The number of urea groups is 1. The molecule has 1 saturated carbocycles. The highest BCUT2D eigenvalue weighted by Crippen LogP contribution is 2.29. The number of anilines is 1. The number of amides is 2. The molecule has 1 N–H and O–H groups in total. The predicted molar refractivity (Wildman–Crippen MR) is 60.3 cm³/mol. The molecule has 0 saturated heterocycles. The molecule has 1 aliphatic rings. The molecule has 0 aromatic carbocycles. The van der Waals surface area contributed by atoms with Gasteiger partial charge in [-0.25, -0.2) is 4.79 Å². The number of aryl methyl sites for hydroxylation is 1. The summed E-state index contributed by atoms with van der Waals surface area (Å²) in [6.07, 6.45) is 4.84. The van der Waals surface area contributed by atoms with Gasteiger partial charge in [0.1, 0.15) is 6.26 Å². The first-order chi connectivity index (χ1) is 7.70. The van der Waals surface area contributed by atoms with Gasteiger partial charge in [-0.15, -0.1) is 0 Å². The van der Waals surface area contributed by atoms with Crippen LogP contribution in [0.3, 0.4) is 0 Å². The molecule has 0 bridgehead atoms. The lowest BCUT2D eigenvalue weighted by Gasteiger charge is -2.16. The minimum absolute atomic E-state index is 0.115.